The van der Waals surface area contributed by atoms with Crippen LogP contribution in [-0.2, 0) is 11.3 Å². The quantitative estimate of drug-likeness (QED) is 0.391. The first-order chi connectivity index (χ1) is 13.7. The topological polar surface area (TPSA) is 67.6 Å². The molecular weight excluding hydrogens is 479 g/mol. The molecule has 3 aliphatic rings. The smallest absolute Gasteiger partial charge is 0.194 e. The molecule has 3 aliphatic heterocycles. The number of pyridine rings is 1. The van der Waals surface area contributed by atoms with Gasteiger partial charge in [-0.1, -0.05) is 6.07 Å². The highest BCUT2D eigenvalue weighted by Gasteiger charge is 2.53. The molecule has 3 saturated heterocycles. The highest BCUT2D eigenvalue weighted by atomic mass is 127. The van der Waals surface area contributed by atoms with Gasteiger partial charge in [-0.25, -0.2) is 15.0 Å². The summed E-state index contributed by atoms with van der Waals surface area (Å²) in [4.78, 5) is 16.3. The Morgan fingerprint density at radius 1 is 1.21 bits per heavy atom. The summed E-state index contributed by atoms with van der Waals surface area (Å²) in [7, 11) is 0. The zero-order chi connectivity index (χ0) is 19.1. The Kier molecular flexibility index (Phi) is 6.10. The molecule has 8 heteroatoms. The van der Waals surface area contributed by atoms with Crippen molar-refractivity contribution >= 4 is 29.9 Å². The third-order valence-corrected chi connectivity index (χ3v) is 6.41. The number of likely N-dealkylation sites (tertiary alicyclic amines) is 1. The van der Waals surface area contributed by atoms with E-state index in [4.69, 9.17) is 9.73 Å². The molecule has 29 heavy (non-hydrogen) atoms. The largest absolute Gasteiger partial charge is 0.374 e. The Hall–Kier alpha value is -1.68. The molecule has 0 aromatic carbocycles. The van der Waals surface area contributed by atoms with E-state index in [0.29, 0.717) is 30.6 Å². The second-order valence-electron chi connectivity index (χ2n) is 8.02. The van der Waals surface area contributed by atoms with Gasteiger partial charge in [-0.05, 0) is 32.8 Å². The maximum Gasteiger partial charge on any atom is 0.194 e. The third-order valence-electron chi connectivity index (χ3n) is 6.41. The fraction of sp³-hybridized carbons (Fsp3) is 0.571. The number of nitrogens with zero attached hydrogens (tertiary/aromatic N) is 5. The van der Waals surface area contributed by atoms with Crippen molar-refractivity contribution < 1.29 is 4.74 Å². The Bertz CT molecular complexity index is 866. The van der Waals surface area contributed by atoms with E-state index < -0.39 is 0 Å². The standard InChI is InChI=1S/C21H28N6O.HI/c1-3-22-21(26-12-16-17(13-26)19-7-6-18(16)28-19)25-11-15-5-4-8-24-20(15)27-10-9-23-14(27)2;/h4-5,8-10,16-19H,3,6-7,11-13H2,1-2H3,(H,22,25);1H. The van der Waals surface area contributed by atoms with Crippen molar-refractivity contribution in [1.29, 1.82) is 0 Å². The summed E-state index contributed by atoms with van der Waals surface area (Å²) in [5, 5.41) is 3.50. The summed E-state index contributed by atoms with van der Waals surface area (Å²) < 4.78 is 8.14. The van der Waals surface area contributed by atoms with Gasteiger partial charge in [0.05, 0.1) is 18.8 Å². The molecule has 0 amide bonds. The van der Waals surface area contributed by atoms with Gasteiger partial charge in [0.15, 0.2) is 5.96 Å². The average molecular weight is 508 g/mol. The van der Waals surface area contributed by atoms with Crippen LogP contribution in [0.25, 0.3) is 5.82 Å². The third kappa shape index (κ3) is 3.76. The zero-order valence-electron chi connectivity index (χ0n) is 17.0. The summed E-state index contributed by atoms with van der Waals surface area (Å²) >= 11 is 0. The summed E-state index contributed by atoms with van der Waals surface area (Å²) in [6.45, 7) is 7.69. The van der Waals surface area contributed by atoms with Crippen molar-refractivity contribution in [2.45, 2.75) is 45.4 Å². The minimum Gasteiger partial charge on any atom is -0.374 e. The van der Waals surface area contributed by atoms with Crippen LogP contribution in [0.15, 0.2) is 35.7 Å². The van der Waals surface area contributed by atoms with Gasteiger partial charge in [0, 0.05) is 55.6 Å². The summed E-state index contributed by atoms with van der Waals surface area (Å²) in [5.74, 6) is 4.18. The summed E-state index contributed by atoms with van der Waals surface area (Å²) in [5.41, 5.74) is 1.10. The van der Waals surface area contributed by atoms with Crippen molar-refractivity contribution in [2.75, 3.05) is 19.6 Å². The first kappa shape index (κ1) is 20.6. The van der Waals surface area contributed by atoms with E-state index in [0.717, 1.165) is 42.8 Å². The number of rotatable bonds is 4. The monoisotopic (exact) mass is 508 g/mol. The molecule has 7 nitrogen and oxygen atoms in total. The van der Waals surface area contributed by atoms with Crippen LogP contribution in [0.1, 0.15) is 31.2 Å². The molecule has 3 fully saturated rings. The van der Waals surface area contributed by atoms with Crippen LogP contribution < -0.4 is 5.32 Å². The van der Waals surface area contributed by atoms with Gasteiger partial charge in [-0.2, -0.15) is 0 Å². The first-order valence-electron chi connectivity index (χ1n) is 10.4. The van der Waals surface area contributed by atoms with Crippen LogP contribution in [0, 0.1) is 18.8 Å². The summed E-state index contributed by atoms with van der Waals surface area (Å²) in [6.07, 6.45) is 8.99. The van der Waals surface area contributed by atoms with E-state index in [1.54, 1.807) is 6.20 Å². The molecule has 0 saturated carbocycles. The maximum atomic E-state index is 6.12. The van der Waals surface area contributed by atoms with E-state index in [2.05, 4.69) is 33.2 Å². The number of aromatic nitrogens is 3. The molecule has 0 radical (unpaired) electrons. The fourth-order valence-corrected chi connectivity index (χ4v) is 5.09. The predicted octanol–water partition coefficient (Wildman–Crippen LogP) is 2.77. The van der Waals surface area contributed by atoms with Crippen molar-refractivity contribution in [1.82, 2.24) is 24.8 Å². The number of aliphatic imine (C=N–C) groups is 1. The van der Waals surface area contributed by atoms with Crippen molar-refractivity contribution in [3.63, 3.8) is 0 Å². The minimum absolute atomic E-state index is 0. The first-order valence-corrected chi connectivity index (χ1v) is 10.4. The molecule has 0 aliphatic carbocycles. The number of fused-ring (bicyclic) bond motifs is 5. The van der Waals surface area contributed by atoms with Crippen LogP contribution in [0.5, 0.6) is 0 Å². The number of ether oxygens (including phenoxy) is 1. The van der Waals surface area contributed by atoms with Crippen LogP contribution in [0.3, 0.4) is 0 Å². The van der Waals surface area contributed by atoms with Crippen molar-refractivity contribution in [2.24, 2.45) is 16.8 Å². The number of imidazole rings is 1. The second kappa shape index (κ2) is 8.59. The minimum atomic E-state index is 0. The van der Waals surface area contributed by atoms with E-state index in [1.165, 1.54) is 12.8 Å². The highest BCUT2D eigenvalue weighted by molar-refractivity contribution is 14.0. The molecule has 5 heterocycles. The number of hydrogen-bond acceptors (Lipinski definition) is 4. The van der Waals surface area contributed by atoms with Crippen molar-refractivity contribution in [3.8, 4) is 5.82 Å². The lowest BCUT2D eigenvalue weighted by atomic mass is 9.82. The molecule has 0 spiro atoms. The average Bonchev–Trinajstić information content (AvgIpc) is 3.47. The fourth-order valence-electron chi connectivity index (χ4n) is 5.09. The SMILES string of the molecule is CCNC(=NCc1cccnc1-n1ccnc1C)N1CC2C3CCC(O3)C2C1.I. The molecule has 4 unspecified atom stereocenters. The predicted molar refractivity (Wildman–Crippen MR) is 123 cm³/mol. The summed E-state index contributed by atoms with van der Waals surface area (Å²) in [6, 6.07) is 4.07. The van der Waals surface area contributed by atoms with E-state index in [-0.39, 0.29) is 24.0 Å². The number of halogens is 1. The van der Waals surface area contributed by atoms with Crippen molar-refractivity contribution in [3.05, 3.63) is 42.1 Å². The van der Waals surface area contributed by atoms with Gasteiger partial charge in [0.2, 0.25) is 0 Å². The van der Waals surface area contributed by atoms with E-state index >= 15 is 0 Å². The van der Waals surface area contributed by atoms with Crippen LogP contribution in [-0.4, -0.2) is 57.2 Å². The van der Waals surface area contributed by atoms with Gasteiger partial charge in [-0.3, -0.25) is 4.57 Å². The Labute approximate surface area is 189 Å². The van der Waals surface area contributed by atoms with Gasteiger partial charge < -0.3 is 15.0 Å². The number of hydrogen-bond donors (Lipinski definition) is 1. The van der Waals surface area contributed by atoms with Crippen LogP contribution >= 0.6 is 24.0 Å². The zero-order valence-corrected chi connectivity index (χ0v) is 19.3. The normalized spacial score (nSPS) is 27.8. The molecule has 2 aromatic heterocycles. The van der Waals surface area contributed by atoms with E-state index in [1.807, 2.05) is 30.0 Å². The van der Waals surface area contributed by atoms with E-state index in [9.17, 15) is 0 Å². The van der Waals surface area contributed by atoms with Crippen LogP contribution in [0.4, 0.5) is 0 Å². The molecule has 4 atom stereocenters. The molecule has 1 N–H and O–H groups in total. The molecule has 2 bridgehead atoms. The molecular formula is C21H29IN6O. The van der Waals surface area contributed by atoms with Gasteiger partial charge >= 0.3 is 0 Å². The molecule has 156 valence electrons. The maximum absolute atomic E-state index is 6.12. The van der Waals surface area contributed by atoms with Crippen LogP contribution in [0.2, 0.25) is 0 Å². The number of guanidine groups is 1. The number of aryl methyl sites for hydroxylation is 1. The molecule has 2 aromatic rings. The van der Waals surface area contributed by atoms with Gasteiger partial charge in [0.1, 0.15) is 11.6 Å². The highest BCUT2D eigenvalue weighted by Crippen LogP contribution is 2.47. The lowest BCUT2D eigenvalue weighted by molar-refractivity contribution is 0.0767. The lowest BCUT2D eigenvalue weighted by Gasteiger charge is -2.23. The Morgan fingerprint density at radius 2 is 1.97 bits per heavy atom. The lowest BCUT2D eigenvalue weighted by Crippen LogP contribution is -2.41. The molecule has 5 rings (SSSR count). The van der Waals surface area contributed by atoms with Gasteiger partial charge in [0.25, 0.3) is 0 Å². The second-order valence-corrected chi connectivity index (χ2v) is 8.02. The Morgan fingerprint density at radius 3 is 2.62 bits per heavy atom. The number of nitrogens with one attached hydrogen (secondary N) is 1. The van der Waals surface area contributed by atoms with Gasteiger partial charge in [-0.15, -0.1) is 24.0 Å². The Balaban J connectivity index is 0.00000205.